The summed E-state index contributed by atoms with van der Waals surface area (Å²) in [7, 11) is 0. The second kappa shape index (κ2) is 7.61. The summed E-state index contributed by atoms with van der Waals surface area (Å²) in [6.45, 7) is 2.13. The summed E-state index contributed by atoms with van der Waals surface area (Å²) in [5, 5.41) is 10.7. The Morgan fingerprint density at radius 3 is 2.59 bits per heavy atom. The molecule has 1 aromatic heterocycles. The predicted octanol–water partition coefficient (Wildman–Crippen LogP) is 3.64. The number of carbonyl (C=O) groups is 1. The van der Waals surface area contributed by atoms with Crippen molar-refractivity contribution >= 4 is 17.8 Å². The van der Waals surface area contributed by atoms with Crippen molar-refractivity contribution in [1.82, 2.24) is 14.8 Å². The van der Waals surface area contributed by atoms with E-state index in [9.17, 15) is 4.79 Å². The predicted molar refractivity (Wildman–Crippen MR) is 106 cm³/mol. The highest BCUT2D eigenvalue weighted by Gasteiger charge is 2.28. The Bertz CT molecular complexity index is 907. The molecule has 2 atom stereocenters. The van der Waals surface area contributed by atoms with Gasteiger partial charge >= 0.3 is 0 Å². The van der Waals surface area contributed by atoms with Crippen LogP contribution in [0.3, 0.4) is 0 Å². The zero-order chi connectivity index (χ0) is 18.6. The number of amides is 1. The number of hydrogen-bond donors (Lipinski definition) is 2. The van der Waals surface area contributed by atoms with Crippen molar-refractivity contribution in [2.75, 3.05) is 10.6 Å². The number of rotatable bonds is 5. The SMILES string of the molecule is CC1CC(c2ccccc2)n2nc(NC(=O)CCc3ccccc3)nc2N1. The van der Waals surface area contributed by atoms with Crippen LogP contribution in [0.2, 0.25) is 0 Å². The van der Waals surface area contributed by atoms with Crippen LogP contribution >= 0.6 is 0 Å². The summed E-state index contributed by atoms with van der Waals surface area (Å²) in [5.41, 5.74) is 2.34. The van der Waals surface area contributed by atoms with Crippen molar-refractivity contribution in [3.8, 4) is 0 Å². The molecule has 4 rings (SSSR count). The van der Waals surface area contributed by atoms with E-state index in [0.717, 1.165) is 12.0 Å². The third kappa shape index (κ3) is 4.00. The Morgan fingerprint density at radius 1 is 1.15 bits per heavy atom. The molecule has 2 N–H and O–H groups in total. The minimum Gasteiger partial charge on any atom is -0.352 e. The molecule has 1 aliphatic rings. The first kappa shape index (κ1) is 17.3. The number of aryl methyl sites for hydroxylation is 1. The van der Waals surface area contributed by atoms with Gasteiger partial charge in [-0.05, 0) is 30.9 Å². The summed E-state index contributed by atoms with van der Waals surface area (Å²) in [4.78, 5) is 16.8. The van der Waals surface area contributed by atoms with Crippen molar-refractivity contribution in [3.05, 3.63) is 71.8 Å². The average molecular weight is 361 g/mol. The Hall–Kier alpha value is -3.15. The number of benzene rings is 2. The first-order valence-corrected chi connectivity index (χ1v) is 9.31. The third-order valence-corrected chi connectivity index (χ3v) is 4.80. The molecule has 1 amide bonds. The largest absolute Gasteiger partial charge is 0.352 e. The van der Waals surface area contributed by atoms with Gasteiger partial charge < -0.3 is 5.32 Å². The number of fused-ring (bicyclic) bond motifs is 1. The maximum Gasteiger partial charge on any atom is 0.250 e. The molecule has 6 heteroatoms. The highest BCUT2D eigenvalue weighted by atomic mass is 16.1. The topological polar surface area (TPSA) is 71.8 Å². The summed E-state index contributed by atoms with van der Waals surface area (Å²) >= 11 is 0. The average Bonchev–Trinajstić information content (AvgIpc) is 3.09. The van der Waals surface area contributed by atoms with Crippen LogP contribution in [0.25, 0.3) is 0 Å². The van der Waals surface area contributed by atoms with E-state index in [0.29, 0.717) is 24.7 Å². The van der Waals surface area contributed by atoms with Crippen LogP contribution in [-0.2, 0) is 11.2 Å². The summed E-state index contributed by atoms with van der Waals surface area (Å²) in [6.07, 6.45) is 2.02. The highest BCUT2D eigenvalue weighted by molar-refractivity contribution is 5.89. The van der Waals surface area contributed by atoms with E-state index in [1.165, 1.54) is 5.56 Å². The smallest absolute Gasteiger partial charge is 0.250 e. The Balaban J connectivity index is 1.47. The second-order valence-electron chi connectivity index (χ2n) is 6.94. The van der Waals surface area contributed by atoms with E-state index in [4.69, 9.17) is 0 Å². The normalized spacial score (nSPS) is 18.4. The lowest BCUT2D eigenvalue weighted by Gasteiger charge is -2.29. The number of hydrogen-bond acceptors (Lipinski definition) is 4. The summed E-state index contributed by atoms with van der Waals surface area (Å²) in [5.74, 6) is 0.970. The molecule has 2 unspecified atom stereocenters. The van der Waals surface area contributed by atoms with E-state index < -0.39 is 0 Å². The molecule has 6 nitrogen and oxygen atoms in total. The molecule has 138 valence electrons. The van der Waals surface area contributed by atoms with Gasteiger partial charge in [0, 0.05) is 12.5 Å². The molecule has 0 saturated heterocycles. The van der Waals surface area contributed by atoms with Gasteiger partial charge in [-0.2, -0.15) is 4.98 Å². The monoisotopic (exact) mass is 361 g/mol. The van der Waals surface area contributed by atoms with Gasteiger partial charge in [-0.25, -0.2) is 4.68 Å². The first-order valence-electron chi connectivity index (χ1n) is 9.31. The number of nitrogens with one attached hydrogen (secondary N) is 2. The van der Waals surface area contributed by atoms with Crippen LogP contribution < -0.4 is 10.6 Å². The van der Waals surface area contributed by atoms with Crippen LogP contribution in [0.15, 0.2) is 60.7 Å². The molecule has 0 aliphatic carbocycles. The van der Waals surface area contributed by atoms with Crippen molar-refractivity contribution in [3.63, 3.8) is 0 Å². The lowest BCUT2D eigenvalue weighted by atomic mass is 9.99. The number of aromatic nitrogens is 3. The van der Waals surface area contributed by atoms with E-state index in [1.807, 2.05) is 53.2 Å². The van der Waals surface area contributed by atoms with Crippen LogP contribution in [-0.4, -0.2) is 26.7 Å². The Morgan fingerprint density at radius 2 is 1.85 bits per heavy atom. The second-order valence-corrected chi connectivity index (χ2v) is 6.94. The highest BCUT2D eigenvalue weighted by Crippen LogP contribution is 2.31. The van der Waals surface area contributed by atoms with E-state index in [-0.39, 0.29) is 18.0 Å². The first-order chi connectivity index (χ1) is 13.2. The molecule has 0 saturated carbocycles. The minimum atomic E-state index is -0.0777. The van der Waals surface area contributed by atoms with E-state index in [1.54, 1.807) is 0 Å². The van der Waals surface area contributed by atoms with Gasteiger partial charge in [0.1, 0.15) is 0 Å². The fourth-order valence-corrected chi connectivity index (χ4v) is 3.45. The lowest BCUT2D eigenvalue weighted by Crippen LogP contribution is -2.31. The molecule has 27 heavy (non-hydrogen) atoms. The van der Waals surface area contributed by atoms with Gasteiger partial charge in [0.15, 0.2) is 0 Å². The molecule has 3 aromatic rings. The molecule has 2 heterocycles. The molecule has 0 bridgehead atoms. The third-order valence-electron chi connectivity index (χ3n) is 4.80. The minimum absolute atomic E-state index is 0.0777. The van der Waals surface area contributed by atoms with E-state index >= 15 is 0 Å². The summed E-state index contributed by atoms with van der Waals surface area (Å²) < 4.78 is 1.88. The van der Waals surface area contributed by atoms with E-state index in [2.05, 4.69) is 39.8 Å². The standard InChI is InChI=1S/C21H23N5O/c1-15-14-18(17-10-6-3-7-11-17)26-21(22-15)24-20(25-26)23-19(27)13-12-16-8-4-2-5-9-16/h2-11,15,18H,12-14H2,1H3,(H2,22,23,24,25,27). The molecule has 2 aromatic carbocycles. The molecule has 0 spiro atoms. The van der Waals surface area contributed by atoms with Gasteiger partial charge in [-0.3, -0.25) is 10.1 Å². The summed E-state index contributed by atoms with van der Waals surface area (Å²) in [6, 6.07) is 20.7. The Kier molecular flexibility index (Phi) is 4.87. The molecular formula is C21H23N5O. The zero-order valence-electron chi connectivity index (χ0n) is 15.3. The van der Waals surface area contributed by atoms with Crippen molar-refractivity contribution < 1.29 is 4.79 Å². The maximum atomic E-state index is 12.3. The van der Waals surface area contributed by atoms with Gasteiger partial charge in [0.05, 0.1) is 6.04 Å². The molecular weight excluding hydrogens is 338 g/mol. The van der Waals surface area contributed by atoms with Gasteiger partial charge in [-0.15, -0.1) is 5.10 Å². The van der Waals surface area contributed by atoms with Crippen LogP contribution in [0.5, 0.6) is 0 Å². The van der Waals surface area contributed by atoms with Crippen molar-refractivity contribution in [2.45, 2.75) is 38.3 Å². The number of anilines is 2. The van der Waals surface area contributed by atoms with Gasteiger partial charge in [0.2, 0.25) is 11.9 Å². The lowest BCUT2D eigenvalue weighted by molar-refractivity contribution is -0.116. The van der Waals surface area contributed by atoms with Crippen LogP contribution in [0.1, 0.15) is 36.9 Å². The van der Waals surface area contributed by atoms with Crippen LogP contribution in [0.4, 0.5) is 11.9 Å². The van der Waals surface area contributed by atoms with Gasteiger partial charge in [0.25, 0.3) is 5.95 Å². The number of nitrogens with zero attached hydrogens (tertiary/aromatic N) is 3. The zero-order valence-corrected chi connectivity index (χ0v) is 15.3. The van der Waals surface area contributed by atoms with Crippen molar-refractivity contribution in [2.24, 2.45) is 0 Å². The molecule has 0 fully saturated rings. The quantitative estimate of drug-likeness (QED) is 0.728. The van der Waals surface area contributed by atoms with Crippen LogP contribution in [0, 0.1) is 0 Å². The fourth-order valence-electron chi connectivity index (χ4n) is 3.45. The maximum absolute atomic E-state index is 12.3. The Labute approximate surface area is 158 Å². The fraction of sp³-hybridized carbons (Fsp3) is 0.286. The molecule has 1 aliphatic heterocycles. The molecule has 0 radical (unpaired) electrons. The van der Waals surface area contributed by atoms with Crippen molar-refractivity contribution in [1.29, 1.82) is 0 Å². The van der Waals surface area contributed by atoms with Gasteiger partial charge in [-0.1, -0.05) is 60.7 Å². The number of carbonyl (C=O) groups excluding carboxylic acids is 1.